The van der Waals surface area contributed by atoms with Crippen LogP contribution in [0.1, 0.15) is 28.4 Å². The summed E-state index contributed by atoms with van der Waals surface area (Å²) in [4.78, 5) is 32.1. The van der Waals surface area contributed by atoms with Gasteiger partial charge in [-0.2, -0.15) is 13.2 Å². The Morgan fingerprint density at radius 3 is 1.97 bits per heavy atom. The van der Waals surface area contributed by atoms with E-state index in [0.717, 1.165) is 18.2 Å². The molecule has 0 aliphatic rings. The Balaban J connectivity index is 0.000000738. The van der Waals surface area contributed by atoms with E-state index in [2.05, 4.69) is 10.3 Å². The number of phosphoric acid groups is 1. The van der Waals surface area contributed by atoms with Crippen LogP contribution in [-0.2, 0) is 16.7 Å². The lowest BCUT2D eigenvalue weighted by Gasteiger charge is -2.20. The first-order chi connectivity index (χ1) is 16.7. The minimum atomic E-state index is -5.33. The molecule has 1 amide bonds. The van der Waals surface area contributed by atoms with Gasteiger partial charge in [-0.3, -0.25) is 9.36 Å². The summed E-state index contributed by atoms with van der Waals surface area (Å²) < 4.78 is 81.3. The topological polar surface area (TPSA) is 187 Å². The number of nitrogens with one attached hydrogen (secondary N) is 1. The molecule has 0 heterocycles. The van der Waals surface area contributed by atoms with Crippen LogP contribution in [0.5, 0.6) is 5.75 Å². The summed E-state index contributed by atoms with van der Waals surface area (Å²) in [6.45, 7) is -0.496. The van der Waals surface area contributed by atoms with Gasteiger partial charge in [0, 0.05) is 23.2 Å². The fourth-order valence-corrected chi connectivity index (χ4v) is 2.93. The van der Waals surface area contributed by atoms with Crippen molar-refractivity contribution in [3.63, 3.8) is 0 Å². The highest BCUT2D eigenvalue weighted by Crippen LogP contribution is 2.38. The number of phosphoric ester groups is 1. The third-order valence-electron chi connectivity index (χ3n) is 4.43. The first-order valence-electron chi connectivity index (χ1n) is 9.87. The van der Waals surface area contributed by atoms with Crippen molar-refractivity contribution in [3.8, 4) is 5.75 Å². The summed E-state index contributed by atoms with van der Waals surface area (Å²) in [5.74, 6) is -5.54. The van der Waals surface area contributed by atoms with Crippen molar-refractivity contribution in [1.29, 1.82) is 0 Å². The molecule has 10 nitrogen and oxygen atoms in total. The van der Waals surface area contributed by atoms with Crippen molar-refractivity contribution < 1.29 is 66.7 Å². The summed E-state index contributed by atoms with van der Waals surface area (Å²) in [6.07, 6.45) is -4.98. The Bertz CT molecular complexity index is 1100. The first-order valence-corrected chi connectivity index (χ1v) is 11.7. The number of amides is 1. The van der Waals surface area contributed by atoms with E-state index in [0.29, 0.717) is 19.1 Å². The van der Waals surface area contributed by atoms with Gasteiger partial charge in [0.15, 0.2) is 5.54 Å². The van der Waals surface area contributed by atoms with Crippen molar-refractivity contribution in [2.24, 2.45) is 0 Å². The second-order valence-corrected chi connectivity index (χ2v) is 9.37. The molecule has 0 radical (unpaired) electrons. The Kier molecular flexibility index (Phi) is 11.0. The molecule has 0 fully saturated rings. The molecular formula is C20H23ClF5N2O8P. The van der Waals surface area contributed by atoms with E-state index in [1.54, 1.807) is 0 Å². The molecule has 37 heavy (non-hydrogen) atoms. The molecule has 0 aliphatic heterocycles. The molecule has 2 aromatic carbocycles. The van der Waals surface area contributed by atoms with Crippen molar-refractivity contribution >= 4 is 31.0 Å². The largest absolute Gasteiger partial charge is 0.746 e. The number of benzene rings is 2. The SMILES string of the molecule is CC(F)(F)c1cc(NC(=O)c2cc(Cl)ccc2OP(=O)([O-])O)cc(C(F)(F)F)c1.[NH3+]C(CO)(CO)CO. The van der Waals surface area contributed by atoms with Gasteiger partial charge in [-0.1, -0.05) is 11.6 Å². The van der Waals surface area contributed by atoms with Crippen molar-refractivity contribution in [2.75, 3.05) is 25.1 Å². The molecule has 0 saturated carbocycles. The Morgan fingerprint density at radius 1 is 1.05 bits per heavy atom. The summed E-state index contributed by atoms with van der Waals surface area (Å²) in [5.41, 5.74) is -1.25. The van der Waals surface area contributed by atoms with Crippen LogP contribution in [0, 0.1) is 0 Å². The van der Waals surface area contributed by atoms with Crippen molar-refractivity contribution in [2.45, 2.75) is 24.6 Å². The molecule has 0 aromatic heterocycles. The van der Waals surface area contributed by atoms with Crippen LogP contribution in [-0.4, -0.2) is 51.5 Å². The number of rotatable bonds is 8. The smallest absolute Gasteiger partial charge is 0.416 e. The van der Waals surface area contributed by atoms with Gasteiger partial charge in [-0.15, -0.1) is 0 Å². The molecule has 1 unspecified atom stereocenters. The number of aliphatic hydroxyl groups excluding tert-OH is 3. The van der Waals surface area contributed by atoms with Crippen LogP contribution in [0.4, 0.5) is 27.6 Å². The highest BCUT2D eigenvalue weighted by molar-refractivity contribution is 7.45. The fraction of sp³-hybridized carbons (Fsp3) is 0.350. The highest BCUT2D eigenvalue weighted by Gasteiger charge is 2.35. The van der Waals surface area contributed by atoms with E-state index in [-0.39, 0.29) is 30.9 Å². The number of carbonyl (C=O) groups excluding carboxylic acids is 1. The van der Waals surface area contributed by atoms with Crippen LogP contribution in [0.15, 0.2) is 36.4 Å². The molecule has 2 aromatic rings. The average molecular weight is 581 g/mol. The molecule has 0 bridgehead atoms. The molecular weight excluding hydrogens is 558 g/mol. The quantitative estimate of drug-likeness (QED) is 0.200. The number of halogens is 6. The molecule has 17 heteroatoms. The lowest BCUT2D eigenvalue weighted by atomic mass is 10.0. The maximum absolute atomic E-state index is 13.6. The maximum atomic E-state index is 13.6. The maximum Gasteiger partial charge on any atom is 0.416 e. The van der Waals surface area contributed by atoms with Crippen LogP contribution in [0.2, 0.25) is 5.02 Å². The van der Waals surface area contributed by atoms with Gasteiger partial charge in [0.1, 0.15) is 25.6 Å². The Morgan fingerprint density at radius 2 is 1.57 bits per heavy atom. The molecule has 0 saturated heterocycles. The van der Waals surface area contributed by atoms with E-state index in [4.69, 9.17) is 31.8 Å². The predicted octanol–water partition coefficient (Wildman–Crippen LogP) is 1.51. The zero-order chi connectivity index (χ0) is 28.8. The Labute approximate surface area is 211 Å². The van der Waals surface area contributed by atoms with Crippen LogP contribution in [0.3, 0.4) is 0 Å². The third kappa shape index (κ3) is 10.5. The van der Waals surface area contributed by atoms with Crippen molar-refractivity contribution in [3.05, 3.63) is 58.1 Å². The van der Waals surface area contributed by atoms with E-state index in [1.807, 2.05) is 5.32 Å². The van der Waals surface area contributed by atoms with Crippen LogP contribution in [0.25, 0.3) is 0 Å². The number of aliphatic hydroxyl groups is 3. The summed E-state index contributed by atoms with van der Waals surface area (Å²) in [5, 5.41) is 27.1. The molecule has 0 aliphatic carbocycles. The number of anilines is 1. The molecule has 1 atom stereocenters. The normalized spacial score (nSPS) is 13.8. The van der Waals surface area contributed by atoms with E-state index < -0.39 is 59.5 Å². The highest BCUT2D eigenvalue weighted by atomic mass is 35.5. The minimum absolute atomic E-state index is 0.0778. The van der Waals surface area contributed by atoms with Gasteiger partial charge in [0.05, 0.1) is 11.1 Å². The second-order valence-electron chi connectivity index (χ2n) is 7.81. The molecule has 0 spiro atoms. The number of carbonyl (C=O) groups is 1. The van der Waals surface area contributed by atoms with Gasteiger partial charge >= 0.3 is 14.0 Å². The zero-order valence-corrected chi connectivity index (χ0v) is 20.6. The molecule has 2 rings (SSSR count). The monoisotopic (exact) mass is 580 g/mol. The number of alkyl halides is 5. The van der Waals surface area contributed by atoms with Gasteiger partial charge < -0.3 is 40.7 Å². The minimum Gasteiger partial charge on any atom is -0.746 e. The van der Waals surface area contributed by atoms with Crippen LogP contribution < -0.4 is 20.5 Å². The standard InChI is InChI=1S/C16H12ClF5NO5P.C4H11NO3/c1-15(18,19)8-4-9(16(20,21)22)6-11(5-8)23-14(24)12-7-10(17)2-3-13(12)28-29(25,26)27;5-4(1-6,2-7)3-8/h2-7H,1H3,(H,23,24)(H2,25,26,27);6-8H,1-3,5H2. The summed E-state index contributed by atoms with van der Waals surface area (Å²) >= 11 is 5.71. The van der Waals surface area contributed by atoms with Gasteiger partial charge in [0.2, 0.25) is 0 Å². The summed E-state index contributed by atoms with van der Waals surface area (Å²) in [7, 11) is -5.33. The van der Waals surface area contributed by atoms with Crippen LogP contribution >= 0.6 is 19.4 Å². The third-order valence-corrected chi connectivity index (χ3v) is 5.09. The molecule has 208 valence electrons. The lowest BCUT2D eigenvalue weighted by Crippen LogP contribution is -2.78. The van der Waals surface area contributed by atoms with E-state index in [1.165, 1.54) is 0 Å². The number of hydrogen-bond donors (Lipinski definition) is 6. The van der Waals surface area contributed by atoms with Gasteiger partial charge in [-0.05, 0) is 36.4 Å². The van der Waals surface area contributed by atoms with Gasteiger partial charge in [0.25, 0.3) is 11.8 Å². The van der Waals surface area contributed by atoms with Crippen molar-refractivity contribution in [1.82, 2.24) is 0 Å². The lowest BCUT2D eigenvalue weighted by molar-refractivity contribution is -0.494. The zero-order valence-electron chi connectivity index (χ0n) is 18.9. The Hall–Kier alpha value is -2.36. The fourth-order valence-electron chi connectivity index (χ4n) is 2.35. The van der Waals surface area contributed by atoms with E-state index >= 15 is 0 Å². The first kappa shape index (κ1) is 32.7. The number of hydrogen-bond acceptors (Lipinski definition) is 7. The van der Waals surface area contributed by atoms with Gasteiger partial charge in [-0.25, -0.2) is 8.78 Å². The summed E-state index contributed by atoms with van der Waals surface area (Å²) in [6, 6.07) is 4.22. The predicted molar refractivity (Wildman–Crippen MR) is 118 cm³/mol. The second kappa shape index (κ2) is 12.5. The molecule has 8 N–H and O–H groups in total. The van der Waals surface area contributed by atoms with E-state index in [9.17, 15) is 36.2 Å². The average Bonchev–Trinajstić information content (AvgIpc) is 2.78. The number of quaternary nitrogens is 1.